The lowest BCUT2D eigenvalue weighted by Crippen LogP contribution is -2.59. The highest BCUT2D eigenvalue weighted by molar-refractivity contribution is 5.91. The number of hydrogen-bond donors (Lipinski definition) is 2. The Balaban J connectivity index is 2.56. The Bertz CT molecular complexity index is 517. The van der Waals surface area contributed by atoms with Gasteiger partial charge in [-0.05, 0) is 10.8 Å². The first-order chi connectivity index (χ1) is 7.74. The summed E-state index contributed by atoms with van der Waals surface area (Å²) >= 11 is 0. The van der Waals surface area contributed by atoms with Crippen LogP contribution in [0.2, 0.25) is 0 Å². The summed E-state index contributed by atoms with van der Waals surface area (Å²) in [5.74, 6) is -0.0589. The summed E-state index contributed by atoms with van der Waals surface area (Å²) in [7, 11) is 1.63. The van der Waals surface area contributed by atoms with Crippen molar-refractivity contribution >= 4 is 16.7 Å². The molecule has 2 aromatic carbocycles. The van der Waals surface area contributed by atoms with E-state index in [0.717, 1.165) is 16.3 Å². The van der Waals surface area contributed by atoms with E-state index in [2.05, 4.69) is 11.1 Å². The van der Waals surface area contributed by atoms with Crippen molar-refractivity contribution in [2.24, 2.45) is 0 Å². The van der Waals surface area contributed by atoms with Crippen molar-refractivity contribution in [2.45, 2.75) is 6.04 Å². The third kappa shape index (κ3) is 1.77. The fourth-order valence-corrected chi connectivity index (χ4v) is 1.87. The molecular weight excluding hydrogens is 200 g/mol. The van der Waals surface area contributed by atoms with Crippen molar-refractivity contribution in [1.29, 1.82) is 0 Å². The monoisotopic (exact) mass is 215 g/mol. The molecule has 3 nitrogen and oxygen atoms in total. The van der Waals surface area contributed by atoms with Crippen LogP contribution in [0.3, 0.4) is 0 Å². The molecule has 0 fully saturated rings. The zero-order valence-corrected chi connectivity index (χ0v) is 9.23. The Morgan fingerprint density at radius 3 is 2.62 bits per heavy atom. The average molecular weight is 215 g/mol. The van der Waals surface area contributed by atoms with Crippen LogP contribution in [0.1, 0.15) is 11.6 Å². The summed E-state index contributed by atoms with van der Waals surface area (Å²) in [5.41, 5.74) is 4.89. The summed E-state index contributed by atoms with van der Waals surface area (Å²) in [6.07, 6.45) is 0. The van der Waals surface area contributed by atoms with Gasteiger partial charge in [-0.2, -0.15) is 0 Å². The number of fused-ring (bicyclic) bond motifs is 1. The predicted molar refractivity (Wildman–Crippen MR) is 63.6 cm³/mol. The molecule has 0 aliphatic heterocycles. The fraction of sp³-hybridized carbons (Fsp3) is 0.154. The highest BCUT2D eigenvalue weighted by atomic mass is 16.2. The van der Waals surface area contributed by atoms with Crippen LogP contribution < -0.4 is 11.1 Å². The van der Waals surface area contributed by atoms with Crippen molar-refractivity contribution in [3.63, 3.8) is 0 Å². The Morgan fingerprint density at radius 1 is 1.19 bits per heavy atom. The Labute approximate surface area is 94.3 Å². The second kappa shape index (κ2) is 4.33. The van der Waals surface area contributed by atoms with E-state index in [-0.39, 0.29) is 11.9 Å². The van der Waals surface area contributed by atoms with Gasteiger partial charge >= 0.3 is 0 Å². The molecule has 0 aliphatic rings. The number of amides is 1. The summed E-state index contributed by atoms with van der Waals surface area (Å²) in [6.45, 7) is 0. The zero-order valence-electron chi connectivity index (χ0n) is 9.23. The standard InChI is InChI=1S/C13H14N2O/c1-15-13(16)12(14)11-8-4-6-9-5-2-3-7-10(9)11/h2-8,12H,14H2,1H3,(H,15,16)/p+1. The topological polar surface area (TPSA) is 56.7 Å². The molecule has 0 spiro atoms. The maximum atomic E-state index is 11.6. The third-order valence-electron chi connectivity index (χ3n) is 2.76. The first-order valence-electron chi connectivity index (χ1n) is 5.26. The number of hydrogen-bond acceptors (Lipinski definition) is 1. The molecule has 0 saturated carbocycles. The van der Waals surface area contributed by atoms with E-state index in [1.54, 1.807) is 7.05 Å². The van der Waals surface area contributed by atoms with Gasteiger partial charge in [0.05, 0.1) is 0 Å². The van der Waals surface area contributed by atoms with Gasteiger partial charge in [0, 0.05) is 12.6 Å². The highest BCUT2D eigenvalue weighted by Gasteiger charge is 2.19. The van der Waals surface area contributed by atoms with Gasteiger partial charge in [-0.15, -0.1) is 0 Å². The summed E-state index contributed by atoms with van der Waals surface area (Å²) < 4.78 is 0. The molecule has 2 aromatic rings. The Morgan fingerprint density at radius 2 is 1.88 bits per heavy atom. The molecule has 0 bridgehead atoms. The molecule has 4 N–H and O–H groups in total. The minimum atomic E-state index is -0.365. The van der Waals surface area contributed by atoms with Crippen molar-refractivity contribution in [2.75, 3.05) is 7.05 Å². The largest absolute Gasteiger partial charge is 0.354 e. The van der Waals surface area contributed by atoms with E-state index in [1.165, 1.54) is 0 Å². The van der Waals surface area contributed by atoms with E-state index in [4.69, 9.17) is 0 Å². The molecule has 3 heteroatoms. The minimum Gasteiger partial charge on any atom is -0.354 e. The van der Waals surface area contributed by atoms with Crippen molar-refractivity contribution < 1.29 is 10.5 Å². The Hall–Kier alpha value is -1.87. The van der Waals surface area contributed by atoms with Gasteiger partial charge in [0.25, 0.3) is 5.91 Å². The molecule has 2 rings (SSSR count). The van der Waals surface area contributed by atoms with Crippen LogP contribution in [-0.4, -0.2) is 13.0 Å². The summed E-state index contributed by atoms with van der Waals surface area (Å²) in [5, 5.41) is 4.85. The number of quaternary nitrogens is 1. The van der Waals surface area contributed by atoms with Gasteiger partial charge < -0.3 is 11.1 Å². The van der Waals surface area contributed by atoms with E-state index >= 15 is 0 Å². The maximum Gasteiger partial charge on any atom is 0.282 e. The van der Waals surface area contributed by atoms with E-state index in [0.29, 0.717) is 0 Å². The van der Waals surface area contributed by atoms with Crippen molar-refractivity contribution in [3.8, 4) is 0 Å². The van der Waals surface area contributed by atoms with Crippen molar-refractivity contribution in [1.82, 2.24) is 5.32 Å². The van der Waals surface area contributed by atoms with Gasteiger partial charge in [-0.25, -0.2) is 0 Å². The molecule has 0 saturated heterocycles. The van der Waals surface area contributed by atoms with E-state index in [9.17, 15) is 4.79 Å². The minimum absolute atomic E-state index is 0.0589. The molecule has 0 radical (unpaired) electrons. The van der Waals surface area contributed by atoms with Crippen LogP contribution in [0.4, 0.5) is 0 Å². The van der Waals surface area contributed by atoms with Gasteiger partial charge in [0.1, 0.15) is 0 Å². The van der Waals surface area contributed by atoms with Crippen molar-refractivity contribution in [3.05, 3.63) is 48.0 Å². The lowest BCUT2D eigenvalue weighted by molar-refractivity contribution is -0.409. The second-order valence-electron chi connectivity index (χ2n) is 3.74. The zero-order chi connectivity index (χ0) is 11.5. The third-order valence-corrected chi connectivity index (χ3v) is 2.76. The van der Waals surface area contributed by atoms with Crippen LogP contribution in [0.5, 0.6) is 0 Å². The van der Waals surface area contributed by atoms with Crippen LogP contribution in [0, 0.1) is 0 Å². The van der Waals surface area contributed by atoms with Gasteiger partial charge in [-0.3, -0.25) is 4.79 Å². The van der Waals surface area contributed by atoms with Crippen LogP contribution in [0.15, 0.2) is 42.5 Å². The van der Waals surface area contributed by atoms with Crippen LogP contribution in [-0.2, 0) is 4.79 Å². The molecular formula is C13H15N2O+. The number of nitrogens with one attached hydrogen (secondary N) is 1. The molecule has 1 atom stereocenters. The lowest BCUT2D eigenvalue weighted by Gasteiger charge is -2.10. The van der Waals surface area contributed by atoms with Gasteiger partial charge in [-0.1, -0.05) is 42.5 Å². The smallest absolute Gasteiger partial charge is 0.282 e. The number of carbonyl (C=O) groups excluding carboxylic acids is 1. The lowest BCUT2D eigenvalue weighted by atomic mass is 9.99. The normalized spacial score (nSPS) is 12.4. The number of carbonyl (C=O) groups is 1. The first kappa shape index (κ1) is 10.6. The highest BCUT2D eigenvalue weighted by Crippen LogP contribution is 2.22. The molecule has 0 aromatic heterocycles. The molecule has 1 unspecified atom stereocenters. The average Bonchev–Trinajstić information content (AvgIpc) is 2.36. The summed E-state index contributed by atoms with van der Waals surface area (Å²) in [4.78, 5) is 11.6. The molecule has 16 heavy (non-hydrogen) atoms. The number of likely N-dealkylation sites (N-methyl/N-ethyl adjacent to an activating group) is 1. The van der Waals surface area contributed by atoms with Crippen LogP contribution >= 0.6 is 0 Å². The quantitative estimate of drug-likeness (QED) is 0.767. The number of rotatable bonds is 2. The van der Waals surface area contributed by atoms with E-state index < -0.39 is 0 Å². The SMILES string of the molecule is CNC(=O)C([NH3+])c1cccc2ccccc12. The van der Waals surface area contributed by atoms with Crippen LogP contribution in [0.25, 0.3) is 10.8 Å². The molecule has 82 valence electrons. The molecule has 0 heterocycles. The Kier molecular flexibility index (Phi) is 2.88. The maximum absolute atomic E-state index is 11.6. The van der Waals surface area contributed by atoms with Gasteiger partial charge in [0.2, 0.25) is 0 Å². The second-order valence-corrected chi connectivity index (χ2v) is 3.74. The number of benzene rings is 2. The van der Waals surface area contributed by atoms with E-state index in [1.807, 2.05) is 42.5 Å². The van der Waals surface area contributed by atoms with Gasteiger partial charge in [0.15, 0.2) is 6.04 Å². The summed E-state index contributed by atoms with van der Waals surface area (Å²) in [6, 6.07) is 13.6. The first-order valence-corrected chi connectivity index (χ1v) is 5.26. The molecule has 0 aliphatic carbocycles. The fourth-order valence-electron chi connectivity index (χ4n) is 1.87. The molecule has 1 amide bonds. The predicted octanol–water partition coefficient (Wildman–Crippen LogP) is 0.869.